The fraction of sp³-hybridized carbons (Fsp3) is 0.936. The molecule has 8 heteroatoms. The summed E-state index contributed by atoms with van der Waals surface area (Å²) in [5, 5.41) is 2.94. The first-order valence-corrected chi connectivity index (χ1v) is 23.8. The molecule has 0 heterocycles. The topological polar surface area (TPSA) is 94.2 Å². The molecule has 1 N–H and O–H groups in total. The smallest absolute Gasteiger partial charge is 0.306 e. The van der Waals surface area contributed by atoms with E-state index in [0.29, 0.717) is 26.0 Å². The fourth-order valence-corrected chi connectivity index (χ4v) is 7.27. The van der Waals surface area contributed by atoms with Gasteiger partial charge in [0.1, 0.15) is 12.7 Å². The maximum absolute atomic E-state index is 12.8. The Morgan fingerprint density at radius 1 is 0.491 bits per heavy atom. The van der Waals surface area contributed by atoms with Crippen LogP contribution in [0.25, 0.3) is 0 Å². The van der Waals surface area contributed by atoms with E-state index in [9.17, 15) is 14.4 Å². The number of ether oxygens (including phenoxy) is 3. The first-order valence-electron chi connectivity index (χ1n) is 23.8. The summed E-state index contributed by atoms with van der Waals surface area (Å²) in [5.74, 6) is -0.124. The second-order valence-electron chi connectivity index (χ2n) is 16.2. The van der Waals surface area contributed by atoms with Gasteiger partial charge in [0.05, 0.1) is 6.61 Å². The van der Waals surface area contributed by atoms with Gasteiger partial charge in [-0.15, -0.1) is 0 Å². The Bertz CT molecular complexity index is 840. The summed E-state index contributed by atoms with van der Waals surface area (Å²) in [5.41, 5.74) is 0. The Kier molecular flexibility index (Phi) is 42.1. The fourth-order valence-electron chi connectivity index (χ4n) is 7.27. The van der Waals surface area contributed by atoms with Crippen molar-refractivity contribution in [3.63, 3.8) is 0 Å². The quantitative estimate of drug-likeness (QED) is 0.0486. The van der Waals surface area contributed by atoms with E-state index in [-0.39, 0.29) is 30.6 Å². The third kappa shape index (κ3) is 40.3. The van der Waals surface area contributed by atoms with Crippen LogP contribution in [0.15, 0.2) is 0 Å². The van der Waals surface area contributed by atoms with Crippen molar-refractivity contribution in [3.05, 3.63) is 0 Å². The van der Waals surface area contributed by atoms with Crippen LogP contribution in [0.5, 0.6) is 0 Å². The van der Waals surface area contributed by atoms with E-state index in [1.54, 1.807) is 0 Å². The number of nitrogens with one attached hydrogen (secondary N) is 1. The molecule has 1 unspecified atom stereocenters. The average Bonchev–Trinajstić information content (AvgIpc) is 3.17. The largest absolute Gasteiger partial charge is 0.466 e. The van der Waals surface area contributed by atoms with Crippen molar-refractivity contribution >= 4 is 17.8 Å². The van der Waals surface area contributed by atoms with E-state index < -0.39 is 0 Å². The number of carbonyl (C=O) groups is 3. The van der Waals surface area contributed by atoms with Crippen molar-refractivity contribution in [1.29, 1.82) is 0 Å². The zero-order valence-electron chi connectivity index (χ0n) is 37.1. The zero-order chi connectivity index (χ0) is 40.3. The molecule has 0 radical (unpaired) electrons. The maximum Gasteiger partial charge on any atom is 0.306 e. The van der Waals surface area contributed by atoms with Crippen LogP contribution in [-0.4, -0.2) is 75.4 Å². The number of rotatable bonds is 44. The second-order valence-corrected chi connectivity index (χ2v) is 16.2. The molecule has 1 atom stereocenters. The molecule has 0 aliphatic rings. The molecule has 0 saturated heterocycles. The lowest BCUT2D eigenvalue weighted by atomic mass is 10.0. The van der Waals surface area contributed by atoms with Crippen LogP contribution < -0.4 is 5.32 Å². The summed E-state index contributed by atoms with van der Waals surface area (Å²) in [6.07, 6.45) is 37.7. The van der Waals surface area contributed by atoms with Crippen molar-refractivity contribution in [2.24, 2.45) is 0 Å². The maximum atomic E-state index is 12.8. The minimum Gasteiger partial charge on any atom is -0.466 e. The first-order chi connectivity index (χ1) is 27.0. The Balaban J connectivity index is 4.33. The van der Waals surface area contributed by atoms with E-state index in [1.165, 1.54) is 123 Å². The van der Waals surface area contributed by atoms with E-state index >= 15 is 0 Å². The first kappa shape index (κ1) is 53.3. The highest BCUT2D eigenvalue weighted by Gasteiger charge is 2.14. The molecule has 0 spiro atoms. The summed E-state index contributed by atoms with van der Waals surface area (Å²) in [7, 11) is 1.54. The van der Waals surface area contributed by atoms with Gasteiger partial charge in [-0.25, -0.2) is 0 Å². The van der Waals surface area contributed by atoms with Crippen LogP contribution in [0.1, 0.15) is 233 Å². The van der Waals surface area contributed by atoms with Crippen LogP contribution in [0.2, 0.25) is 0 Å². The molecule has 0 aromatic carbocycles. The van der Waals surface area contributed by atoms with Crippen molar-refractivity contribution < 1.29 is 28.6 Å². The zero-order valence-corrected chi connectivity index (χ0v) is 37.1. The summed E-state index contributed by atoms with van der Waals surface area (Å²) >= 11 is 0. The Morgan fingerprint density at radius 3 is 1.44 bits per heavy atom. The minimum atomic E-state index is -0.0710. The molecule has 8 nitrogen and oxygen atoms in total. The molecule has 0 rings (SSSR count). The average molecular weight is 781 g/mol. The molecule has 1 amide bonds. The van der Waals surface area contributed by atoms with E-state index in [2.05, 4.69) is 31.0 Å². The molecule has 0 aliphatic carbocycles. The summed E-state index contributed by atoms with van der Waals surface area (Å²) in [6.45, 7) is 11.1. The summed E-state index contributed by atoms with van der Waals surface area (Å²) in [4.78, 5) is 39.3. The molecule has 55 heavy (non-hydrogen) atoms. The highest BCUT2D eigenvalue weighted by Crippen LogP contribution is 2.18. The molecule has 0 aromatic rings. The van der Waals surface area contributed by atoms with Crippen LogP contribution in [0, 0.1) is 0 Å². The SMILES string of the molecule is CCCCCCCCCCCOC(=O)CCCCCN(CCCCCCCC(=O)OC(CCCCCCC)CCCCCCCC)CCCNC(=O)COC. The van der Waals surface area contributed by atoms with Crippen molar-refractivity contribution in [1.82, 2.24) is 10.2 Å². The molecule has 0 aliphatic heterocycles. The molecule has 0 saturated carbocycles. The number of esters is 2. The van der Waals surface area contributed by atoms with E-state index in [0.717, 1.165) is 103 Å². The Labute approximate surface area is 341 Å². The molecule has 0 aromatic heterocycles. The number of methoxy groups -OCH3 is 1. The summed E-state index contributed by atoms with van der Waals surface area (Å²) in [6, 6.07) is 0. The number of amides is 1. The van der Waals surface area contributed by atoms with Gasteiger partial charge in [-0.3, -0.25) is 14.4 Å². The lowest BCUT2D eigenvalue weighted by Crippen LogP contribution is -2.32. The van der Waals surface area contributed by atoms with E-state index in [1.807, 2.05) is 0 Å². The van der Waals surface area contributed by atoms with Gasteiger partial charge in [-0.1, -0.05) is 156 Å². The minimum absolute atomic E-state index is 0.000344. The number of nitrogens with zero attached hydrogens (tertiary/aromatic N) is 1. The lowest BCUT2D eigenvalue weighted by Gasteiger charge is -2.22. The van der Waals surface area contributed by atoms with E-state index in [4.69, 9.17) is 14.2 Å². The number of unbranched alkanes of at least 4 members (excludes halogenated alkanes) is 23. The number of hydrogen-bond acceptors (Lipinski definition) is 7. The van der Waals surface area contributed by atoms with Crippen LogP contribution >= 0.6 is 0 Å². The standard InChI is InChI=1S/C47H92N2O6/c1-5-8-11-14-16-17-18-24-32-42-54-46(51)36-29-25-31-40-49(41-33-38-48-45(50)43-53-4)39-30-23-19-22-28-37-47(52)55-44(34-26-20-13-10-7-3)35-27-21-15-12-9-6-2/h44H,5-43H2,1-4H3,(H,48,50). The highest BCUT2D eigenvalue weighted by molar-refractivity contribution is 5.77. The Morgan fingerprint density at radius 2 is 0.909 bits per heavy atom. The van der Waals surface area contributed by atoms with Gasteiger partial charge in [0.25, 0.3) is 0 Å². The third-order valence-corrected chi connectivity index (χ3v) is 10.8. The molecule has 326 valence electrons. The van der Waals surface area contributed by atoms with Gasteiger partial charge < -0.3 is 24.4 Å². The predicted octanol–water partition coefficient (Wildman–Crippen LogP) is 12.4. The van der Waals surface area contributed by atoms with Crippen LogP contribution in [-0.2, 0) is 28.6 Å². The summed E-state index contributed by atoms with van der Waals surface area (Å²) < 4.78 is 16.4. The molecule has 0 fully saturated rings. The van der Waals surface area contributed by atoms with Crippen LogP contribution in [0.4, 0.5) is 0 Å². The monoisotopic (exact) mass is 781 g/mol. The van der Waals surface area contributed by atoms with Crippen molar-refractivity contribution in [2.45, 2.75) is 239 Å². The van der Waals surface area contributed by atoms with Crippen molar-refractivity contribution in [3.8, 4) is 0 Å². The Hall–Kier alpha value is -1.67. The normalized spacial score (nSPS) is 11.9. The predicted molar refractivity (Wildman–Crippen MR) is 232 cm³/mol. The molecule has 0 bridgehead atoms. The highest BCUT2D eigenvalue weighted by atomic mass is 16.5. The van der Waals surface area contributed by atoms with Crippen LogP contribution in [0.3, 0.4) is 0 Å². The molecular formula is C47H92N2O6. The third-order valence-electron chi connectivity index (χ3n) is 10.8. The second kappa shape index (κ2) is 43.5. The number of carbonyl (C=O) groups excluding carboxylic acids is 3. The molecular weight excluding hydrogens is 689 g/mol. The van der Waals surface area contributed by atoms with Crippen molar-refractivity contribution in [2.75, 3.05) is 46.5 Å². The number of hydrogen-bond donors (Lipinski definition) is 1. The van der Waals surface area contributed by atoms with Gasteiger partial charge in [-0.05, 0) is 83.8 Å². The van der Waals surface area contributed by atoms with Gasteiger partial charge in [-0.2, -0.15) is 0 Å². The van der Waals surface area contributed by atoms with Gasteiger partial charge >= 0.3 is 11.9 Å². The van der Waals surface area contributed by atoms with Gasteiger partial charge in [0.2, 0.25) is 5.91 Å². The van der Waals surface area contributed by atoms with Gasteiger partial charge in [0, 0.05) is 26.5 Å². The van der Waals surface area contributed by atoms with Gasteiger partial charge in [0.15, 0.2) is 0 Å². The lowest BCUT2D eigenvalue weighted by molar-refractivity contribution is -0.150.